The number of hydrogen-bond acceptors (Lipinski definition) is 4. The van der Waals surface area contributed by atoms with E-state index in [9.17, 15) is 4.79 Å². The second-order valence-electron chi connectivity index (χ2n) is 5.61. The summed E-state index contributed by atoms with van der Waals surface area (Å²) in [6.07, 6.45) is 2.01. The van der Waals surface area contributed by atoms with Crippen molar-refractivity contribution in [3.63, 3.8) is 0 Å². The zero-order valence-electron chi connectivity index (χ0n) is 13.5. The monoisotopic (exact) mass is 320 g/mol. The molecule has 2 aromatic rings. The molecule has 1 heterocycles. The van der Waals surface area contributed by atoms with E-state index in [-0.39, 0.29) is 11.0 Å². The number of hydrogen-bond donors (Lipinski definition) is 1. The van der Waals surface area contributed by atoms with E-state index < -0.39 is 0 Å². The van der Waals surface area contributed by atoms with Crippen molar-refractivity contribution in [1.29, 1.82) is 0 Å². The average Bonchev–Trinajstić information content (AvgIpc) is 2.74. The number of unbranched alkanes of at least 4 members (excludes halogenated alkanes) is 1. The number of benzene rings is 1. The topological polar surface area (TPSA) is 57.2 Å². The molecule has 2 N–H and O–H groups in total. The number of rotatable bonds is 7. The van der Waals surface area contributed by atoms with Crippen LogP contribution in [0.4, 0.5) is 0 Å². The SMILES string of the molecule is Cc1sc(=O)n(CCCCN)c1-c1ccc(OC(C)C)cc1. The first-order valence-electron chi connectivity index (χ1n) is 7.70. The number of aryl methyl sites for hydroxylation is 1. The van der Waals surface area contributed by atoms with Crippen LogP contribution in [-0.2, 0) is 6.54 Å². The molecule has 0 atom stereocenters. The molecule has 0 unspecified atom stereocenters. The molecule has 4 nitrogen and oxygen atoms in total. The highest BCUT2D eigenvalue weighted by Gasteiger charge is 2.13. The third-order valence-electron chi connectivity index (χ3n) is 3.40. The molecular formula is C17H24N2O2S. The van der Waals surface area contributed by atoms with E-state index in [1.165, 1.54) is 11.3 Å². The smallest absolute Gasteiger partial charge is 0.307 e. The van der Waals surface area contributed by atoms with Crippen LogP contribution in [0.15, 0.2) is 29.1 Å². The third-order valence-corrected chi connectivity index (χ3v) is 4.29. The summed E-state index contributed by atoms with van der Waals surface area (Å²) in [7, 11) is 0. The van der Waals surface area contributed by atoms with Gasteiger partial charge in [0.1, 0.15) is 5.75 Å². The molecule has 0 bridgehead atoms. The molecule has 0 fully saturated rings. The summed E-state index contributed by atoms with van der Waals surface area (Å²) in [5.41, 5.74) is 7.61. The van der Waals surface area contributed by atoms with E-state index in [1.54, 1.807) is 0 Å². The molecular weight excluding hydrogens is 296 g/mol. The lowest BCUT2D eigenvalue weighted by Crippen LogP contribution is -2.15. The van der Waals surface area contributed by atoms with Crippen LogP contribution in [0.2, 0.25) is 0 Å². The van der Waals surface area contributed by atoms with Crippen molar-refractivity contribution in [3.05, 3.63) is 38.8 Å². The van der Waals surface area contributed by atoms with E-state index in [0.29, 0.717) is 6.54 Å². The number of aromatic nitrogens is 1. The summed E-state index contributed by atoms with van der Waals surface area (Å²) in [6.45, 7) is 7.39. The molecule has 0 aliphatic heterocycles. The van der Waals surface area contributed by atoms with Gasteiger partial charge in [0.2, 0.25) is 0 Å². The summed E-state index contributed by atoms with van der Waals surface area (Å²) in [6, 6.07) is 7.96. The fourth-order valence-electron chi connectivity index (χ4n) is 2.46. The van der Waals surface area contributed by atoms with Crippen LogP contribution in [0.25, 0.3) is 11.3 Å². The Morgan fingerprint density at radius 3 is 2.50 bits per heavy atom. The van der Waals surface area contributed by atoms with Gasteiger partial charge in [0.05, 0.1) is 11.8 Å². The van der Waals surface area contributed by atoms with Crippen molar-refractivity contribution < 1.29 is 4.74 Å². The first kappa shape index (κ1) is 16.8. The van der Waals surface area contributed by atoms with E-state index >= 15 is 0 Å². The summed E-state index contributed by atoms with van der Waals surface area (Å²) < 4.78 is 7.54. The second kappa shape index (κ2) is 7.61. The van der Waals surface area contributed by atoms with Crippen molar-refractivity contribution in [2.75, 3.05) is 6.54 Å². The van der Waals surface area contributed by atoms with Crippen molar-refractivity contribution in [2.24, 2.45) is 5.73 Å². The maximum absolute atomic E-state index is 12.2. The molecule has 0 spiro atoms. The quantitative estimate of drug-likeness (QED) is 0.795. The fourth-order valence-corrected chi connectivity index (χ4v) is 3.34. The van der Waals surface area contributed by atoms with Gasteiger partial charge in [0.15, 0.2) is 0 Å². The maximum Gasteiger partial charge on any atom is 0.307 e. The van der Waals surface area contributed by atoms with Gasteiger partial charge in [0.25, 0.3) is 0 Å². The number of nitrogens with zero attached hydrogens (tertiary/aromatic N) is 1. The van der Waals surface area contributed by atoms with Gasteiger partial charge in [-0.2, -0.15) is 0 Å². The average molecular weight is 320 g/mol. The van der Waals surface area contributed by atoms with Crippen LogP contribution in [-0.4, -0.2) is 17.2 Å². The van der Waals surface area contributed by atoms with Crippen molar-refractivity contribution in [3.8, 4) is 17.0 Å². The molecule has 2 rings (SSSR count). The Balaban J connectivity index is 2.29. The Morgan fingerprint density at radius 1 is 1.23 bits per heavy atom. The molecule has 0 radical (unpaired) electrons. The standard InChI is InChI=1S/C17H24N2O2S/c1-12(2)21-15-8-6-14(7-9-15)16-13(3)22-17(20)19(16)11-5-4-10-18/h6-9,12H,4-5,10-11,18H2,1-3H3. The molecule has 1 aromatic heterocycles. The van der Waals surface area contributed by atoms with E-state index in [4.69, 9.17) is 10.5 Å². The Kier molecular flexibility index (Phi) is 5.80. The van der Waals surface area contributed by atoms with Gasteiger partial charge in [-0.1, -0.05) is 11.3 Å². The minimum absolute atomic E-state index is 0.104. The maximum atomic E-state index is 12.2. The van der Waals surface area contributed by atoms with E-state index in [1.807, 2.05) is 49.6 Å². The Labute approximate surface area is 135 Å². The first-order chi connectivity index (χ1) is 10.5. The molecule has 0 saturated heterocycles. The highest BCUT2D eigenvalue weighted by Crippen LogP contribution is 2.27. The van der Waals surface area contributed by atoms with Crippen molar-refractivity contribution >= 4 is 11.3 Å². The van der Waals surface area contributed by atoms with Crippen molar-refractivity contribution in [1.82, 2.24) is 4.57 Å². The Bertz CT molecular complexity index is 656. The molecule has 0 aliphatic rings. The molecule has 1 aromatic carbocycles. The summed E-state index contributed by atoms with van der Waals surface area (Å²) >= 11 is 1.31. The highest BCUT2D eigenvalue weighted by atomic mass is 32.1. The Hall–Kier alpha value is -1.59. The van der Waals surface area contributed by atoms with Gasteiger partial charge < -0.3 is 10.5 Å². The van der Waals surface area contributed by atoms with Crippen LogP contribution in [0.3, 0.4) is 0 Å². The summed E-state index contributed by atoms with van der Waals surface area (Å²) in [5.74, 6) is 0.851. The summed E-state index contributed by atoms with van der Waals surface area (Å²) in [4.78, 5) is 13.3. The number of thiazole rings is 1. The minimum atomic E-state index is 0.104. The van der Waals surface area contributed by atoms with Gasteiger partial charge in [-0.05, 0) is 70.0 Å². The predicted octanol–water partition coefficient (Wildman–Crippen LogP) is 3.41. The van der Waals surface area contributed by atoms with Gasteiger partial charge in [-0.25, -0.2) is 0 Å². The van der Waals surface area contributed by atoms with Crippen LogP contribution in [0, 0.1) is 6.92 Å². The Morgan fingerprint density at radius 2 is 1.91 bits per heavy atom. The molecule has 0 saturated carbocycles. The molecule has 0 aliphatic carbocycles. The lowest BCUT2D eigenvalue weighted by Gasteiger charge is -2.12. The zero-order valence-corrected chi connectivity index (χ0v) is 14.3. The van der Waals surface area contributed by atoms with Crippen LogP contribution < -0.4 is 15.3 Å². The largest absolute Gasteiger partial charge is 0.491 e. The lowest BCUT2D eigenvalue weighted by atomic mass is 10.1. The van der Waals surface area contributed by atoms with Crippen LogP contribution in [0.5, 0.6) is 5.75 Å². The van der Waals surface area contributed by atoms with Crippen LogP contribution in [0.1, 0.15) is 31.6 Å². The molecule has 120 valence electrons. The highest BCUT2D eigenvalue weighted by molar-refractivity contribution is 7.09. The predicted molar refractivity (Wildman–Crippen MR) is 92.8 cm³/mol. The third kappa shape index (κ3) is 3.99. The number of ether oxygens (including phenoxy) is 1. The summed E-state index contributed by atoms with van der Waals surface area (Å²) in [5, 5.41) is 0. The number of nitrogens with two attached hydrogens (primary N) is 1. The molecule has 0 amide bonds. The van der Waals surface area contributed by atoms with E-state index in [2.05, 4.69) is 0 Å². The second-order valence-corrected chi connectivity index (χ2v) is 6.78. The molecule has 5 heteroatoms. The van der Waals surface area contributed by atoms with Crippen molar-refractivity contribution in [2.45, 2.75) is 46.3 Å². The molecule has 22 heavy (non-hydrogen) atoms. The van der Waals surface area contributed by atoms with Crippen LogP contribution >= 0.6 is 11.3 Å². The van der Waals surface area contributed by atoms with Gasteiger partial charge >= 0.3 is 4.87 Å². The normalized spacial score (nSPS) is 11.1. The van der Waals surface area contributed by atoms with Gasteiger partial charge in [-0.3, -0.25) is 9.36 Å². The minimum Gasteiger partial charge on any atom is -0.491 e. The van der Waals surface area contributed by atoms with Gasteiger partial charge in [-0.15, -0.1) is 0 Å². The fraction of sp³-hybridized carbons (Fsp3) is 0.471. The van der Waals surface area contributed by atoms with Gasteiger partial charge in [0, 0.05) is 11.4 Å². The zero-order chi connectivity index (χ0) is 16.1. The first-order valence-corrected chi connectivity index (χ1v) is 8.52. The lowest BCUT2D eigenvalue weighted by molar-refractivity contribution is 0.242. The van der Waals surface area contributed by atoms with E-state index in [0.717, 1.165) is 41.3 Å².